The highest BCUT2D eigenvalue weighted by molar-refractivity contribution is 7.80. The Labute approximate surface area is 124 Å². The molecule has 2 heterocycles. The van der Waals surface area contributed by atoms with E-state index in [1.165, 1.54) is 32.4 Å². The number of hydrogen-bond donors (Lipinski definition) is 1. The Bertz CT molecular complexity index is 514. The summed E-state index contributed by atoms with van der Waals surface area (Å²) in [5.41, 5.74) is 6.76. The van der Waals surface area contributed by atoms with Gasteiger partial charge in [-0.3, -0.25) is 4.90 Å². The molecular formula is C15H20FN3S. The summed E-state index contributed by atoms with van der Waals surface area (Å²) in [6.07, 6.45) is 3.79. The van der Waals surface area contributed by atoms with Gasteiger partial charge in [-0.25, -0.2) is 4.39 Å². The molecule has 20 heavy (non-hydrogen) atoms. The van der Waals surface area contributed by atoms with Gasteiger partial charge in [-0.05, 0) is 50.6 Å². The molecule has 0 aromatic heterocycles. The van der Waals surface area contributed by atoms with E-state index in [4.69, 9.17) is 18.0 Å². The highest BCUT2D eigenvalue weighted by atomic mass is 32.1. The Morgan fingerprint density at radius 1 is 1.25 bits per heavy atom. The number of anilines is 1. The molecule has 1 atom stereocenters. The average molecular weight is 293 g/mol. The van der Waals surface area contributed by atoms with Gasteiger partial charge in [-0.2, -0.15) is 0 Å². The summed E-state index contributed by atoms with van der Waals surface area (Å²) in [7, 11) is 0. The number of likely N-dealkylation sites (tertiary alicyclic amines) is 1. The molecule has 3 rings (SSSR count). The van der Waals surface area contributed by atoms with Crippen molar-refractivity contribution in [1.82, 2.24) is 4.90 Å². The molecule has 1 aromatic carbocycles. The maximum atomic E-state index is 13.9. The van der Waals surface area contributed by atoms with Gasteiger partial charge in [0.05, 0.1) is 0 Å². The third-order valence-corrected chi connectivity index (χ3v) is 4.62. The van der Waals surface area contributed by atoms with Crippen LogP contribution in [0.1, 0.15) is 24.8 Å². The molecule has 2 aliphatic rings. The standard InChI is InChI=1S/C15H20FN3S/c16-14-9-11(3-4-13(14)15(17)20)19-8-5-12(10-19)18-6-1-2-7-18/h3-4,9,12H,1-2,5-8,10H2,(H2,17,20). The van der Waals surface area contributed by atoms with Crippen LogP contribution in [0.2, 0.25) is 0 Å². The van der Waals surface area contributed by atoms with E-state index in [0.717, 1.165) is 18.8 Å². The van der Waals surface area contributed by atoms with Gasteiger partial charge in [0.2, 0.25) is 0 Å². The average Bonchev–Trinajstić information content (AvgIpc) is 3.09. The molecule has 108 valence electrons. The van der Waals surface area contributed by atoms with Crippen molar-refractivity contribution in [2.24, 2.45) is 5.73 Å². The first-order valence-corrected chi connectivity index (χ1v) is 7.64. The zero-order chi connectivity index (χ0) is 14.1. The summed E-state index contributed by atoms with van der Waals surface area (Å²) in [6.45, 7) is 4.42. The minimum Gasteiger partial charge on any atom is -0.389 e. The molecule has 2 N–H and O–H groups in total. The van der Waals surface area contributed by atoms with Crippen LogP contribution >= 0.6 is 12.2 Å². The van der Waals surface area contributed by atoms with Gasteiger partial charge in [0, 0.05) is 30.4 Å². The molecule has 0 amide bonds. The third kappa shape index (κ3) is 2.65. The quantitative estimate of drug-likeness (QED) is 0.866. The van der Waals surface area contributed by atoms with Crippen molar-refractivity contribution in [3.05, 3.63) is 29.6 Å². The summed E-state index contributed by atoms with van der Waals surface area (Å²) < 4.78 is 13.9. The topological polar surface area (TPSA) is 32.5 Å². The van der Waals surface area contributed by atoms with Gasteiger partial charge in [-0.1, -0.05) is 12.2 Å². The van der Waals surface area contributed by atoms with Crippen molar-refractivity contribution in [3.8, 4) is 0 Å². The second kappa shape index (κ2) is 5.66. The second-order valence-electron chi connectivity index (χ2n) is 5.66. The zero-order valence-electron chi connectivity index (χ0n) is 11.5. The van der Waals surface area contributed by atoms with Crippen molar-refractivity contribution < 1.29 is 4.39 Å². The van der Waals surface area contributed by atoms with Crippen LogP contribution in [0, 0.1) is 5.82 Å². The molecule has 0 bridgehead atoms. The fourth-order valence-corrected chi connectivity index (χ4v) is 3.45. The molecule has 5 heteroatoms. The number of benzene rings is 1. The molecule has 0 spiro atoms. The Balaban J connectivity index is 1.71. The smallest absolute Gasteiger partial charge is 0.135 e. The first kappa shape index (κ1) is 13.8. The lowest BCUT2D eigenvalue weighted by Gasteiger charge is -2.24. The van der Waals surface area contributed by atoms with E-state index in [-0.39, 0.29) is 10.8 Å². The highest BCUT2D eigenvalue weighted by Crippen LogP contribution is 2.26. The molecular weight excluding hydrogens is 273 g/mol. The van der Waals surface area contributed by atoms with Crippen LogP contribution in [-0.2, 0) is 0 Å². The lowest BCUT2D eigenvalue weighted by molar-refractivity contribution is 0.260. The molecule has 0 saturated carbocycles. The van der Waals surface area contributed by atoms with E-state index >= 15 is 0 Å². The highest BCUT2D eigenvalue weighted by Gasteiger charge is 2.29. The van der Waals surface area contributed by atoms with Crippen molar-refractivity contribution in [2.75, 3.05) is 31.1 Å². The first-order chi connectivity index (χ1) is 9.65. The SMILES string of the molecule is NC(=S)c1ccc(N2CCC(N3CCCC3)C2)cc1F. The molecule has 0 aliphatic carbocycles. The van der Waals surface area contributed by atoms with Gasteiger partial charge < -0.3 is 10.6 Å². The van der Waals surface area contributed by atoms with Gasteiger partial charge >= 0.3 is 0 Å². The van der Waals surface area contributed by atoms with Crippen molar-refractivity contribution in [3.63, 3.8) is 0 Å². The maximum absolute atomic E-state index is 13.9. The van der Waals surface area contributed by atoms with Crippen LogP contribution in [-0.4, -0.2) is 42.1 Å². The number of thiocarbonyl (C=S) groups is 1. The fraction of sp³-hybridized carbons (Fsp3) is 0.533. The molecule has 2 fully saturated rings. The monoisotopic (exact) mass is 293 g/mol. The Kier molecular flexibility index (Phi) is 3.89. The van der Waals surface area contributed by atoms with Crippen molar-refractivity contribution in [2.45, 2.75) is 25.3 Å². The summed E-state index contributed by atoms with van der Waals surface area (Å²) in [6, 6.07) is 5.79. The van der Waals surface area contributed by atoms with E-state index in [2.05, 4.69) is 9.80 Å². The van der Waals surface area contributed by atoms with Gasteiger partial charge in [0.15, 0.2) is 0 Å². The largest absolute Gasteiger partial charge is 0.389 e. The summed E-state index contributed by atoms with van der Waals surface area (Å²) >= 11 is 4.84. The van der Waals surface area contributed by atoms with Crippen LogP contribution in [0.15, 0.2) is 18.2 Å². The summed E-state index contributed by atoms with van der Waals surface area (Å²) in [5, 5.41) is 0. The van der Waals surface area contributed by atoms with E-state index in [1.807, 2.05) is 6.07 Å². The van der Waals surface area contributed by atoms with E-state index in [0.29, 0.717) is 11.6 Å². The Morgan fingerprint density at radius 2 is 2.00 bits per heavy atom. The normalized spacial score (nSPS) is 23.4. The number of rotatable bonds is 3. The van der Waals surface area contributed by atoms with Gasteiger partial charge in [0.1, 0.15) is 10.8 Å². The van der Waals surface area contributed by atoms with Gasteiger partial charge in [0.25, 0.3) is 0 Å². The van der Waals surface area contributed by atoms with Crippen LogP contribution in [0.5, 0.6) is 0 Å². The van der Waals surface area contributed by atoms with Crippen molar-refractivity contribution >= 4 is 22.9 Å². The Hall–Kier alpha value is -1.20. The lowest BCUT2D eigenvalue weighted by atomic mass is 10.2. The predicted octanol–water partition coefficient (Wildman–Crippen LogP) is 2.13. The fourth-order valence-electron chi connectivity index (χ4n) is 3.28. The Morgan fingerprint density at radius 3 is 2.65 bits per heavy atom. The van der Waals surface area contributed by atoms with Crippen LogP contribution < -0.4 is 10.6 Å². The number of nitrogens with two attached hydrogens (primary N) is 1. The lowest BCUT2D eigenvalue weighted by Crippen LogP contribution is -2.35. The zero-order valence-corrected chi connectivity index (χ0v) is 12.3. The van der Waals surface area contributed by atoms with E-state index < -0.39 is 0 Å². The van der Waals surface area contributed by atoms with Crippen molar-refractivity contribution in [1.29, 1.82) is 0 Å². The second-order valence-corrected chi connectivity index (χ2v) is 6.10. The predicted molar refractivity (Wildman–Crippen MR) is 83.7 cm³/mol. The number of nitrogens with zero attached hydrogens (tertiary/aromatic N) is 2. The van der Waals surface area contributed by atoms with Crippen LogP contribution in [0.4, 0.5) is 10.1 Å². The molecule has 2 saturated heterocycles. The number of halogens is 1. The summed E-state index contributed by atoms with van der Waals surface area (Å²) in [5.74, 6) is -0.320. The minimum atomic E-state index is -0.320. The minimum absolute atomic E-state index is 0.116. The molecule has 1 unspecified atom stereocenters. The van der Waals surface area contributed by atoms with E-state index in [9.17, 15) is 4.39 Å². The van der Waals surface area contributed by atoms with E-state index in [1.54, 1.807) is 12.1 Å². The number of hydrogen-bond acceptors (Lipinski definition) is 3. The first-order valence-electron chi connectivity index (χ1n) is 7.23. The molecule has 3 nitrogen and oxygen atoms in total. The van der Waals surface area contributed by atoms with Crippen LogP contribution in [0.25, 0.3) is 0 Å². The molecule has 0 radical (unpaired) electrons. The molecule has 2 aliphatic heterocycles. The third-order valence-electron chi connectivity index (χ3n) is 4.40. The van der Waals surface area contributed by atoms with Crippen LogP contribution in [0.3, 0.4) is 0 Å². The summed E-state index contributed by atoms with van der Waals surface area (Å²) in [4.78, 5) is 4.94. The maximum Gasteiger partial charge on any atom is 0.135 e. The molecule has 1 aromatic rings. The van der Waals surface area contributed by atoms with Gasteiger partial charge in [-0.15, -0.1) is 0 Å².